The van der Waals surface area contributed by atoms with Crippen molar-refractivity contribution >= 4 is 0 Å². The zero-order valence-corrected chi connectivity index (χ0v) is 11.9. The smallest absolute Gasteiger partial charge is 0.0977 e. The molecule has 0 spiro atoms. The van der Waals surface area contributed by atoms with Crippen LogP contribution in [0.1, 0.15) is 74.7 Å². The van der Waals surface area contributed by atoms with Gasteiger partial charge < -0.3 is 0 Å². The van der Waals surface area contributed by atoms with E-state index in [0.29, 0.717) is 0 Å². The summed E-state index contributed by atoms with van der Waals surface area (Å²) in [6, 6.07) is 0. The topological polar surface area (TPSA) is 18.5 Å². The molecule has 0 unspecified atom stereocenters. The maximum atomic E-state index is 5.33. The molecule has 0 aromatic carbocycles. The third kappa shape index (κ3) is 11.8. The summed E-state index contributed by atoms with van der Waals surface area (Å²) in [7, 11) is 0. The lowest BCUT2D eigenvalue weighted by molar-refractivity contribution is -0.401. The summed E-state index contributed by atoms with van der Waals surface area (Å²) in [5.74, 6) is 0. The summed E-state index contributed by atoms with van der Waals surface area (Å²) < 4.78 is 0. The molecule has 0 atom stereocenters. The molecule has 0 saturated heterocycles. The molecular weight excluding hydrogens is 188 g/mol. The Bertz CT molecular complexity index is 123. The molecule has 0 saturated carbocycles. The molecule has 0 heterocycles. The van der Waals surface area contributed by atoms with Gasteiger partial charge in [-0.2, -0.15) is 0 Å². The van der Waals surface area contributed by atoms with Gasteiger partial charge in [-0.3, -0.25) is 0 Å². The van der Waals surface area contributed by atoms with Gasteiger partial charge in [-0.1, -0.05) is 34.1 Å². The summed E-state index contributed by atoms with van der Waals surface area (Å²) in [5, 5.41) is 0. The van der Waals surface area contributed by atoms with Gasteiger partial charge in [0.05, 0.1) is 11.2 Å². The molecule has 0 amide bonds. The van der Waals surface area contributed by atoms with E-state index in [0.717, 1.165) is 12.8 Å². The molecule has 94 valence electrons. The van der Waals surface area contributed by atoms with Crippen LogP contribution in [-0.4, -0.2) is 11.2 Å². The molecule has 0 aliphatic rings. The molecule has 0 N–H and O–H groups in total. The van der Waals surface area contributed by atoms with E-state index in [4.69, 9.17) is 9.78 Å². The van der Waals surface area contributed by atoms with Crippen molar-refractivity contribution in [3.05, 3.63) is 0 Å². The maximum Gasteiger partial charge on any atom is 0.0977 e. The van der Waals surface area contributed by atoms with E-state index in [1.54, 1.807) is 0 Å². The van der Waals surface area contributed by atoms with Crippen LogP contribution in [0.15, 0.2) is 0 Å². The summed E-state index contributed by atoms with van der Waals surface area (Å²) in [6.07, 6.45) is 3.15. The molecular formula is C13H30O2. The minimum atomic E-state index is -0.174. The second kappa shape index (κ2) is 8.12. The van der Waals surface area contributed by atoms with E-state index in [1.807, 2.05) is 27.7 Å². The summed E-state index contributed by atoms with van der Waals surface area (Å²) >= 11 is 0. The third-order valence-corrected chi connectivity index (χ3v) is 2.20. The quantitative estimate of drug-likeness (QED) is 0.490. The zero-order chi connectivity index (χ0) is 12.5. The first-order valence-electron chi connectivity index (χ1n) is 6.11. The lowest BCUT2D eigenvalue weighted by Crippen LogP contribution is -2.31. The van der Waals surface area contributed by atoms with E-state index in [-0.39, 0.29) is 11.2 Å². The highest BCUT2D eigenvalue weighted by Gasteiger charge is 2.23. The Balaban J connectivity index is 0. The fourth-order valence-corrected chi connectivity index (χ4v) is 0.343. The van der Waals surface area contributed by atoms with E-state index in [1.165, 1.54) is 6.42 Å². The van der Waals surface area contributed by atoms with Crippen LogP contribution in [0.2, 0.25) is 0 Å². The van der Waals surface area contributed by atoms with Crippen molar-refractivity contribution in [3.63, 3.8) is 0 Å². The largest absolute Gasteiger partial charge is 0.230 e. The van der Waals surface area contributed by atoms with Crippen LogP contribution in [0, 0.1) is 0 Å². The Morgan fingerprint density at radius 2 is 0.867 bits per heavy atom. The van der Waals surface area contributed by atoms with Gasteiger partial charge in [-0.05, 0) is 40.5 Å². The van der Waals surface area contributed by atoms with Gasteiger partial charge in [0.15, 0.2) is 0 Å². The first-order valence-corrected chi connectivity index (χ1v) is 6.11. The van der Waals surface area contributed by atoms with Crippen molar-refractivity contribution in [2.45, 2.75) is 85.9 Å². The maximum absolute atomic E-state index is 5.33. The molecule has 0 aliphatic heterocycles. The van der Waals surface area contributed by atoms with E-state index >= 15 is 0 Å². The molecule has 15 heavy (non-hydrogen) atoms. The van der Waals surface area contributed by atoms with E-state index in [2.05, 4.69) is 27.7 Å². The fourth-order valence-electron chi connectivity index (χ4n) is 0.343. The minimum absolute atomic E-state index is 0.174. The van der Waals surface area contributed by atoms with Crippen LogP contribution >= 0.6 is 0 Å². The van der Waals surface area contributed by atoms with Gasteiger partial charge in [0.1, 0.15) is 0 Å². The predicted molar refractivity (Wildman–Crippen MR) is 66.9 cm³/mol. The molecule has 0 aliphatic carbocycles. The van der Waals surface area contributed by atoms with Crippen molar-refractivity contribution in [2.24, 2.45) is 0 Å². The molecule has 0 radical (unpaired) electrons. The zero-order valence-electron chi connectivity index (χ0n) is 11.9. The number of rotatable bonds is 5. The van der Waals surface area contributed by atoms with Gasteiger partial charge in [0, 0.05) is 0 Å². The first kappa shape index (κ1) is 17.3. The Kier molecular flexibility index (Phi) is 9.37. The van der Waals surface area contributed by atoms with Crippen LogP contribution in [0.25, 0.3) is 0 Å². The third-order valence-electron chi connectivity index (χ3n) is 2.20. The van der Waals surface area contributed by atoms with Gasteiger partial charge in [-0.25, -0.2) is 9.78 Å². The highest BCUT2D eigenvalue weighted by atomic mass is 17.2. The van der Waals surface area contributed by atoms with E-state index in [9.17, 15) is 0 Å². The Morgan fingerprint density at radius 3 is 1.00 bits per heavy atom. The molecule has 0 aromatic rings. The van der Waals surface area contributed by atoms with Gasteiger partial charge in [0.25, 0.3) is 0 Å². The van der Waals surface area contributed by atoms with Crippen LogP contribution in [0.5, 0.6) is 0 Å². The highest BCUT2D eigenvalue weighted by molar-refractivity contribution is 4.66. The Morgan fingerprint density at radius 1 is 0.667 bits per heavy atom. The van der Waals surface area contributed by atoms with Gasteiger partial charge >= 0.3 is 0 Å². The van der Waals surface area contributed by atoms with E-state index < -0.39 is 0 Å². The van der Waals surface area contributed by atoms with Crippen molar-refractivity contribution in [3.8, 4) is 0 Å². The van der Waals surface area contributed by atoms with Crippen LogP contribution in [0.3, 0.4) is 0 Å². The molecule has 2 nitrogen and oxygen atoms in total. The van der Waals surface area contributed by atoms with Gasteiger partial charge in [-0.15, -0.1) is 0 Å². The molecule has 0 aromatic heterocycles. The highest BCUT2D eigenvalue weighted by Crippen LogP contribution is 2.20. The number of hydrogen-bond donors (Lipinski definition) is 0. The summed E-state index contributed by atoms with van der Waals surface area (Å²) in [5.41, 5.74) is -0.348. The fraction of sp³-hybridized carbons (Fsp3) is 1.00. The normalized spacial score (nSPS) is 12.0. The average molecular weight is 218 g/mol. The molecule has 0 rings (SSSR count). The molecule has 0 fully saturated rings. The Labute approximate surface area is 96.3 Å². The lowest BCUT2D eigenvalue weighted by Gasteiger charge is -2.29. The summed E-state index contributed by atoms with van der Waals surface area (Å²) in [6.45, 7) is 16.5. The monoisotopic (exact) mass is 218 g/mol. The molecule has 2 heteroatoms. The minimum Gasteiger partial charge on any atom is -0.230 e. The SMILES string of the molecule is CCC.CCC(C)(C)OOC(C)(C)CC. The number of hydrogen-bond acceptors (Lipinski definition) is 2. The van der Waals surface area contributed by atoms with Crippen molar-refractivity contribution in [1.82, 2.24) is 0 Å². The first-order chi connectivity index (χ1) is 6.74. The Hall–Kier alpha value is -0.0800. The van der Waals surface area contributed by atoms with Crippen molar-refractivity contribution < 1.29 is 9.78 Å². The standard InChI is InChI=1S/C10H22O2.C3H8/c1-7-9(3,4)11-12-10(5,6)8-2;1-3-2/h7-8H2,1-6H3;3H2,1-2H3. The van der Waals surface area contributed by atoms with Gasteiger partial charge in [0.2, 0.25) is 0 Å². The van der Waals surface area contributed by atoms with Crippen LogP contribution in [0.4, 0.5) is 0 Å². The average Bonchev–Trinajstić information content (AvgIpc) is 2.17. The van der Waals surface area contributed by atoms with Crippen molar-refractivity contribution in [1.29, 1.82) is 0 Å². The lowest BCUT2D eigenvalue weighted by atomic mass is 10.1. The predicted octanol–water partition coefficient (Wildman–Crippen LogP) is 4.73. The second-order valence-electron chi connectivity index (χ2n) is 5.10. The molecule has 0 bridgehead atoms. The summed E-state index contributed by atoms with van der Waals surface area (Å²) in [4.78, 5) is 10.7. The second-order valence-corrected chi connectivity index (χ2v) is 5.10. The van der Waals surface area contributed by atoms with Crippen molar-refractivity contribution in [2.75, 3.05) is 0 Å². The van der Waals surface area contributed by atoms with Crippen LogP contribution < -0.4 is 0 Å². The van der Waals surface area contributed by atoms with Crippen LogP contribution in [-0.2, 0) is 9.78 Å².